The highest BCUT2D eigenvalue weighted by Gasteiger charge is 2.31. The van der Waals surface area contributed by atoms with Crippen molar-refractivity contribution in [3.63, 3.8) is 0 Å². The van der Waals surface area contributed by atoms with E-state index in [1.165, 1.54) is 122 Å². The third-order valence-electron chi connectivity index (χ3n) is 7.09. The van der Waals surface area contributed by atoms with E-state index in [1.807, 2.05) is 6.92 Å². The summed E-state index contributed by atoms with van der Waals surface area (Å²) in [5.41, 5.74) is -0.516. The van der Waals surface area contributed by atoms with Gasteiger partial charge in [-0.05, 0) is 45.4 Å². The van der Waals surface area contributed by atoms with Gasteiger partial charge in [0.2, 0.25) is 0 Å². The standard InChI is InChI=1S/C30H58O2/c1-4-6-8-10-12-14-15-16-17-18-20-22-24-26-28-30(3,29(31)32)27-25-23-21-19-13-11-9-7-5-2/h16-17H,4-15,18-28H2,1-3H3,(H,31,32)/b17-16-. The van der Waals surface area contributed by atoms with E-state index in [4.69, 9.17) is 0 Å². The van der Waals surface area contributed by atoms with Crippen LogP contribution in [0.1, 0.15) is 168 Å². The van der Waals surface area contributed by atoms with Crippen molar-refractivity contribution in [1.82, 2.24) is 0 Å². The van der Waals surface area contributed by atoms with Gasteiger partial charge in [-0.1, -0.05) is 135 Å². The summed E-state index contributed by atoms with van der Waals surface area (Å²) in [7, 11) is 0. The topological polar surface area (TPSA) is 37.3 Å². The molecule has 0 aromatic heterocycles. The van der Waals surface area contributed by atoms with Crippen molar-refractivity contribution in [3.8, 4) is 0 Å². The molecule has 0 aromatic rings. The van der Waals surface area contributed by atoms with Gasteiger partial charge in [0.25, 0.3) is 0 Å². The first kappa shape index (κ1) is 31.2. The number of allylic oxidation sites excluding steroid dienone is 2. The van der Waals surface area contributed by atoms with Crippen LogP contribution in [0.3, 0.4) is 0 Å². The van der Waals surface area contributed by atoms with Crippen LogP contribution in [0.4, 0.5) is 0 Å². The van der Waals surface area contributed by atoms with Gasteiger partial charge in [0.15, 0.2) is 0 Å². The van der Waals surface area contributed by atoms with Crippen LogP contribution < -0.4 is 0 Å². The second kappa shape index (κ2) is 23.4. The Hall–Kier alpha value is -0.790. The highest BCUT2D eigenvalue weighted by Crippen LogP contribution is 2.32. The van der Waals surface area contributed by atoms with Crippen LogP contribution in [0.2, 0.25) is 0 Å². The Kier molecular flexibility index (Phi) is 22.8. The van der Waals surface area contributed by atoms with Crippen LogP contribution in [0.5, 0.6) is 0 Å². The summed E-state index contributed by atoms with van der Waals surface area (Å²) >= 11 is 0. The predicted molar refractivity (Wildman–Crippen MR) is 142 cm³/mol. The lowest BCUT2D eigenvalue weighted by Gasteiger charge is -2.24. The molecule has 1 atom stereocenters. The maximum absolute atomic E-state index is 11.8. The fourth-order valence-corrected chi connectivity index (χ4v) is 4.57. The fourth-order valence-electron chi connectivity index (χ4n) is 4.57. The van der Waals surface area contributed by atoms with E-state index in [1.54, 1.807) is 0 Å². The van der Waals surface area contributed by atoms with E-state index in [9.17, 15) is 9.90 Å². The van der Waals surface area contributed by atoms with Crippen LogP contribution in [-0.4, -0.2) is 11.1 Å². The van der Waals surface area contributed by atoms with Crippen molar-refractivity contribution in [2.75, 3.05) is 0 Å². The van der Waals surface area contributed by atoms with Crippen molar-refractivity contribution in [3.05, 3.63) is 12.2 Å². The number of hydrogen-bond donors (Lipinski definition) is 1. The minimum absolute atomic E-state index is 0.516. The molecular formula is C30H58O2. The second-order valence-electron chi connectivity index (χ2n) is 10.4. The smallest absolute Gasteiger partial charge is 0.309 e. The van der Waals surface area contributed by atoms with Crippen molar-refractivity contribution >= 4 is 5.97 Å². The Balaban J connectivity index is 3.66. The van der Waals surface area contributed by atoms with Crippen molar-refractivity contribution in [1.29, 1.82) is 0 Å². The molecule has 0 aliphatic heterocycles. The molecule has 0 saturated heterocycles. The molecule has 0 rings (SSSR count). The van der Waals surface area contributed by atoms with Gasteiger partial charge in [-0.3, -0.25) is 4.79 Å². The van der Waals surface area contributed by atoms with Crippen LogP contribution in [0, 0.1) is 5.41 Å². The maximum atomic E-state index is 11.8. The van der Waals surface area contributed by atoms with Gasteiger partial charge in [0, 0.05) is 0 Å². The highest BCUT2D eigenvalue weighted by molar-refractivity contribution is 5.74. The zero-order chi connectivity index (χ0) is 23.8. The number of carboxylic acid groups (broad SMARTS) is 1. The number of carbonyl (C=O) groups is 1. The number of carboxylic acids is 1. The Bertz CT molecular complexity index is 429. The van der Waals surface area contributed by atoms with Crippen LogP contribution in [0.25, 0.3) is 0 Å². The molecule has 0 fully saturated rings. The summed E-state index contributed by atoms with van der Waals surface area (Å²) < 4.78 is 0. The quantitative estimate of drug-likeness (QED) is 0.111. The fraction of sp³-hybridized carbons (Fsp3) is 0.900. The summed E-state index contributed by atoms with van der Waals surface area (Å²) in [5.74, 6) is -0.588. The normalized spacial score (nSPS) is 13.6. The number of hydrogen-bond acceptors (Lipinski definition) is 1. The Morgan fingerprint density at radius 2 is 0.875 bits per heavy atom. The van der Waals surface area contributed by atoms with Crippen LogP contribution in [0.15, 0.2) is 12.2 Å². The largest absolute Gasteiger partial charge is 0.481 e. The first-order chi connectivity index (χ1) is 15.6. The summed E-state index contributed by atoms with van der Waals surface area (Å²) in [6.45, 7) is 6.51. The van der Waals surface area contributed by atoms with Gasteiger partial charge in [0.05, 0.1) is 5.41 Å². The number of unbranched alkanes of at least 4 members (excludes halogenated alkanes) is 18. The van der Waals surface area contributed by atoms with E-state index >= 15 is 0 Å². The third-order valence-corrected chi connectivity index (χ3v) is 7.09. The molecule has 0 aromatic carbocycles. The first-order valence-electron chi connectivity index (χ1n) is 14.4. The average Bonchev–Trinajstić information content (AvgIpc) is 2.78. The summed E-state index contributed by atoms with van der Waals surface area (Å²) in [6.07, 6.45) is 33.4. The molecule has 0 amide bonds. The molecule has 1 unspecified atom stereocenters. The Morgan fingerprint density at radius 1 is 0.562 bits per heavy atom. The van der Waals surface area contributed by atoms with Crippen molar-refractivity contribution < 1.29 is 9.90 Å². The van der Waals surface area contributed by atoms with Crippen LogP contribution in [-0.2, 0) is 4.79 Å². The summed E-state index contributed by atoms with van der Waals surface area (Å²) in [4.78, 5) is 11.8. The van der Waals surface area contributed by atoms with Gasteiger partial charge in [0.1, 0.15) is 0 Å². The zero-order valence-electron chi connectivity index (χ0n) is 22.3. The second-order valence-corrected chi connectivity index (χ2v) is 10.4. The Morgan fingerprint density at radius 3 is 1.22 bits per heavy atom. The lowest BCUT2D eigenvalue weighted by molar-refractivity contribution is -0.149. The van der Waals surface area contributed by atoms with Gasteiger partial charge in [-0.2, -0.15) is 0 Å². The third kappa shape index (κ3) is 19.9. The highest BCUT2D eigenvalue weighted by atomic mass is 16.4. The van der Waals surface area contributed by atoms with E-state index < -0.39 is 11.4 Å². The Labute approximate surface area is 202 Å². The minimum atomic E-state index is -0.588. The number of rotatable bonds is 25. The van der Waals surface area contributed by atoms with Gasteiger partial charge < -0.3 is 5.11 Å². The first-order valence-corrected chi connectivity index (χ1v) is 14.4. The minimum Gasteiger partial charge on any atom is -0.481 e. The van der Waals surface area contributed by atoms with Gasteiger partial charge in [-0.15, -0.1) is 0 Å². The molecule has 0 aliphatic rings. The van der Waals surface area contributed by atoms with Crippen molar-refractivity contribution in [2.45, 2.75) is 168 Å². The van der Waals surface area contributed by atoms with E-state index in [0.29, 0.717) is 0 Å². The molecule has 2 heteroatoms. The molecule has 0 bridgehead atoms. The molecular weight excluding hydrogens is 392 g/mol. The lowest BCUT2D eigenvalue weighted by Crippen LogP contribution is -2.27. The van der Waals surface area contributed by atoms with Crippen molar-refractivity contribution in [2.24, 2.45) is 5.41 Å². The summed E-state index contributed by atoms with van der Waals surface area (Å²) in [5, 5.41) is 9.75. The average molecular weight is 451 g/mol. The molecule has 0 radical (unpaired) electrons. The van der Waals surface area contributed by atoms with E-state index in [-0.39, 0.29) is 0 Å². The molecule has 0 aliphatic carbocycles. The maximum Gasteiger partial charge on any atom is 0.309 e. The monoisotopic (exact) mass is 450 g/mol. The molecule has 0 saturated carbocycles. The SMILES string of the molecule is CCCCCCCC/C=C\CCCCCCC(C)(CCCCCCCCCCC)C(=O)O. The van der Waals surface area contributed by atoms with E-state index in [2.05, 4.69) is 26.0 Å². The molecule has 2 nitrogen and oxygen atoms in total. The van der Waals surface area contributed by atoms with Gasteiger partial charge in [-0.25, -0.2) is 0 Å². The molecule has 1 N–H and O–H groups in total. The molecule has 190 valence electrons. The lowest BCUT2D eigenvalue weighted by atomic mass is 9.80. The predicted octanol–water partition coefficient (Wildman–Crippen LogP) is 10.6. The van der Waals surface area contributed by atoms with E-state index in [0.717, 1.165) is 25.7 Å². The number of aliphatic carboxylic acids is 1. The molecule has 32 heavy (non-hydrogen) atoms. The van der Waals surface area contributed by atoms with Crippen LogP contribution >= 0.6 is 0 Å². The molecule has 0 spiro atoms. The van der Waals surface area contributed by atoms with Gasteiger partial charge >= 0.3 is 5.97 Å². The molecule has 0 heterocycles. The summed E-state index contributed by atoms with van der Waals surface area (Å²) in [6, 6.07) is 0. The zero-order valence-corrected chi connectivity index (χ0v) is 22.3.